The molecule has 0 saturated heterocycles. The minimum atomic E-state index is -3.09. The van der Waals surface area contributed by atoms with E-state index in [2.05, 4.69) is 27.8 Å². The lowest BCUT2D eigenvalue weighted by molar-refractivity contribution is 0.577. The van der Waals surface area contributed by atoms with Crippen molar-refractivity contribution in [2.45, 2.75) is 26.2 Å². The third-order valence-corrected chi connectivity index (χ3v) is 4.92. The second-order valence-electron chi connectivity index (χ2n) is 4.93. The van der Waals surface area contributed by atoms with Crippen LogP contribution in [0, 0.1) is 0 Å². The van der Waals surface area contributed by atoms with Crippen LogP contribution >= 0.6 is 0 Å². The fourth-order valence-electron chi connectivity index (χ4n) is 2.38. The number of unbranched alkanes of at least 4 members (excludes halogenated alkanes) is 1. The van der Waals surface area contributed by atoms with Crippen LogP contribution in [0.15, 0.2) is 24.3 Å². The van der Waals surface area contributed by atoms with Gasteiger partial charge in [-0.1, -0.05) is 31.5 Å². The molecule has 4 nitrogen and oxygen atoms in total. The molecule has 1 N–H and O–H groups in total. The average molecular weight is 282 g/mol. The first kappa shape index (κ1) is 14.3. The Morgan fingerprint density at radius 3 is 2.89 bits per heavy atom. The second kappa shape index (κ2) is 6.39. The quantitative estimate of drug-likeness (QED) is 0.829. The van der Waals surface area contributed by atoms with Gasteiger partial charge in [-0.05, 0) is 24.5 Å². The standard InChI is InChI=1S/C14H22N2O2S/c1-2-3-12-19(17,18)15-9-11-16-10-8-13-6-4-5-7-14(13)16/h4-7,15H,2-3,8-12H2,1H3. The Balaban J connectivity index is 1.81. The second-order valence-corrected chi connectivity index (χ2v) is 6.86. The first-order chi connectivity index (χ1) is 9.12. The summed E-state index contributed by atoms with van der Waals surface area (Å²) in [6.07, 6.45) is 2.68. The van der Waals surface area contributed by atoms with Crippen LogP contribution in [0.3, 0.4) is 0 Å². The Labute approximate surface area is 115 Å². The molecule has 0 spiro atoms. The third-order valence-electron chi connectivity index (χ3n) is 3.45. The first-order valence-corrected chi connectivity index (χ1v) is 8.58. The molecule has 0 amide bonds. The van der Waals surface area contributed by atoms with Gasteiger partial charge in [0, 0.05) is 25.3 Å². The molecule has 1 heterocycles. The van der Waals surface area contributed by atoms with Crippen LogP contribution in [-0.4, -0.2) is 33.8 Å². The number of rotatable bonds is 7. The largest absolute Gasteiger partial charge is 0.370 e. The highest BCUT2D eigenvalue weighted by molar-refractivity contribution is 7.89. The molecule has 1 aliphatic heterocycles. The van der Waals surface area contributed by atoms with Gasteiger partial charge in [0.15, 0.2) is 0 Å². The van der Waals surface area contributed by atoms with Crippen LogP contribution in [0.5, 0.6) is 0 Å². The van der Waals surface area contributed by atoms with E-state index in [0.717, 1.165) is 32.4 Å². The average Bonchev–Trinajstić information content (AvgIpc) is 2.80. The van der Waals surface area contributed by atoms with E-state index >= 15 is 0 Å². The van der Waals surface area contributed by atoms with E-state index < -0.39 is 10.0 Å². The molecule has 1 aromatic rings. The summed E-state index contributed by atoms with van der Waals surface area (Å²) in [7, 11) is -3.09. The highest BCUT2D eigenvalue weighted by Gasteiger charge is 2.18. The van der Waals surface area contributed by atoms with Crippen molar-refractivity contribution < 1.29 is 8.42 Å². The fourth-order valence-corrected chi connectivity index (χ4v) is 3.60. The summed E-state index contributed by atoms with van der Waals surface area (Å²) in [5.41, 5.74) is 2.60. The maximum atomic E-state index is 11.7. The lowest BCUT2D eigenvalue weighted by atomic mass is 10.2. The number of benzene rings is 1. The molecule has 0 aliphatic carbocycles. The van der Waals surface area contributed by atoms with Gasteiger partial charge in [-0.15, -0.1) is 0 Å². The van der Waals surface area contributed by atoms with E-state index in [1.165, 1.54) is 11.3 Å². The van der Waals surface area contributed by atoms with E-state index in [9.17, 15) is 8.42 Å². The molecule has 0 aromatic heterocycles. The molecule has 0 unspecified atom stereocenters. The van der Waals surface area contributed by atoms with Gasteiger partial charge in [-0.2, -0.15) is 0 Å². The van der Waals surface area contributed by atoms with Gasteiger partial charge in [-0.25, -0.2) is 13.1 Å². The van der Waals surface area contributed by atoms with Crippen LogP contribution in [0.25, 0.3) is 0 Å². The van der Waals surface area contributed by atoms with E-state index in [0.29, 0.717) is 6.54 Å². The maximum Gasteiger partial charge on any atom is 0.211 e. The van der Waals surface area contributed by atoms with Crippen molar-refractivity contribution in [3.63, 3.8) is 0 Å². The molecule has 5 heteroatoms. The van der Waals surface area contributed by atoms with Gasteiger partial charge in [0.1, 0.15) is 0 Å². The molecule has 1 aliphatic rings. The van der Waals surface area contributed by atoms with Gasteiger partial charge in [0.2, 0.25) is 10.0 Å². The number of hydrogen-bond acceptors (Lipinski definition) is 3. The van der Waals surface area contributed by atoms with Gasteiger partial charge in [-0.3, -0.25) is 0 Å². The number of nitrogens with zero attached hydrogens (tertiary/aromatic N) is 1. The molecule has 0 fully saturated rings. The summed E-state index contributed by atoms with van der Waals surface area (Å²) in [5.74, 6) is 0.236. The Kier molecular flexibility index (Phi) is 4.82. The zero-order valence-electron chi connectivity index (χ0n) is 11.4. The van der Waals surface area contributed by atoms with Crippen molar-refractivity contribution in [3.05, 3.63) is 29.8 Å². The molecular formula is C14H22N2O2S. The smallest absolute Gasteiger partial charge is 0.211 e. The van der Waals surface area contributed by atoms with Crippen molar-refractivity contribution in [2.24, 2.45) is 0 Å². The lowest BCUT2D eigenvalue weighted by Gasteiger charge is -2.19. The predicted octanol–water partition coefficient (Wildman–Crippen LogP) is 1.77. The first-order valence-electron chi connectivity index (χ1n) is 6.92. The minimum absolute atomic E-state index is 0.236. The highest BCUT2D eigenvalue weighted by Crippen LogP contribution is 2.26. The number of nitrogens with one attached hydrogen (secondary N) is 1. The molecule has 0 bridgehead atoms. The number of hydrogen-bond donors (Lipinski definition) is 1. The molecule has 106 valence electrons. The number of fused-ring (bicyclic) bond motifs is 1. The number of para-hydroxylation sites is 1. The molecule has 0 atom stereocenters. The SMILES string of the molecule is CCCCS(=O)(=O)NCCN1CCc2ccccc21. The van der Waals surface area contributed by atoms with Gasteiger partial charge in [0.25, 0.3) is 0 Å². The number of anilines is 1. The van der Waals surface area contributed by atoms with Crippen LogP contribution in [0.4, 0.5) is 5.69 Å². The Hall–Kier alpha value is -1.07. The maximum absolute atomic E-state index is 11.7. The molecule has 0 saturated carbocycles. The van der Waals surface area contributed by atoms with Crippen LogP contribution < -0.4 is 9.62 Å². The Bertz CT molecular complexity index is 514. The van der Waals surface area contributed by atoms with Crippen LogP contribution in [0.2, 0.25) is 0 Å². The summed E-state index contributed by atoms with van der Waals surface area (Å²) < 4.78 is 26.0. The summed E-state index contributed by atoms with van der Waals surface area (Å²) in [6.45, 7) is 4.20. The van der Waals surface area contributed by atoms with Crippen molar-refractivity contribution in [2.75, 3.05) is 30.3 Å². The Morgan fingerprint density at radius 2 is 2.11 bits per heavy atom. The summed E-state index contributed by atoms with van der Waals surface area (Å²) in [6, 6.07) is 8.33. The Morgan fingerprint density at radius 1 is 1.32 bits per heavy atom. The van der Waals surface area contributed by atoms with Gasteiger partial charge >= 0.3 is 0 Å². The zero-order valence-corrected chi connectivity index (χ0v) is 12.2. The van der Waals surface area contributed by atoms with Gasteiger partial charge < -0.3 is 4.90 Å². The normalized spacial score (nSPS) is 14.7. The number of sulfonamides is 1. The monoisotopic (exact) mass is 282 g/mol. The molecular weight excluding hydrogens is 260 g/mol. The van der Waals surface area contributed by atoms with Crippen molar-refractivity contribution >= 4 is 15.7 Å². The fraction of sp³-hybridized carbons (Fsp3) is 0.571. The van der Waals surface area contributed by atoms with E-state index in [-0.39, 0.29) is 5.75 Å². The van der Waals surface area contributed by atoms with E-state index in [4.69, 9.17) is 0 Å². The van der Waals surface area contributed by atoms with E-state index in [1.54, 1.807) is 0 Å². The third kappa shape index (κ3) is 3.94. The van der Waals surface area contributed by atoms with Crippen molar-refractivity contribution in [3.8, 4) is 0 Å². The lowest BCUT2D eigenvalue weighted by Crippen LogP contribution is -2.35. The molecule has 0 radical (unpaired) electrons. The van der Waals surface area contributed by atoms with Crippen molar-refractivity contribution in [1.29, 1.82) is 0 Å². The molecule has 19 heavy (non-hydrogen) atoms. The minimum Gasteiger partial charge on any atom is -0.370 e. The summed E-state index contributed by atoms with van der Waals surface area (Å²) in [4.78, 5) is 2.25. The molecule has 2 rings (SSSR count). The topological polar surface area (TPSA) is 49.4 Å². The van der Waals surface area contributed by atoms with Crippen LogP contribution in [-0.2, 0) is 16.4 Å². The van der Waals surface area contributed by atoms with Gasteiger partial charge in [0.05, 0.1) is 5.75 Å². The van der Waals surface area contributed by atoms with E-state index in [1.807, 2.05) is 13.0 Å². The predicted molar refractivity (Wildman–Crippen MR) is 79.1 cm³/mol. The highest BCUT2D eigenvalue weighted by atomic mass is 32.2. The molecule has 1 aromatic carbocycles. The van der Waals surface area contributed by atoms with Crippen molar-refractivity contribution in [1.82, 2.24) is 4.72 Å². The summed E-state index contributed by atoms with van der Waals surface area (Å²) >= 11 is 0. The van der Waals surface area contributed by atoms with Crippen LogP contribution in [0.1, 0.15) is 25.3 Å². The summed E-state index contributed by atoms with van der Waals surface area (Å²) in [5, 5.41) is 0. The zero-order chi connectivity index (χ0) is 13.7.